The van der Waals surface area contributed by atoms with E-state index in [1.807, 2.05) is 12.1 Å². The molecule has 1 unspecified atom stereocenters. The predicted molar refractivity (Wildman–Crippen MR) is 95.3 cm³/mol. The van der Waals surface area contributed by atoms with Crippen LogP contribution in [0.15, 0.2) is 72.8 Å². The standard InChI is InChI=1S/C19H21ClOSi/c1-15(2)21-22(20)18(16-9-5-3-6-10-16)13-14-19(22)17-11-7-4-8-12-17/h3-15,18-19H,1-2H3/t18-,19+,22?. The van der Waals surface area contributed by atoms with Crippen molar-refractivity contribution in [1.29, 1.82) is 0 Å². The topological polar surface area (TPSA) is 9.23 Å². The summed E-state index contributed by atoms with van der Waals surface area (Å²) in [6, 6.07) is 21.0. The van der Waals surface area contributed by atoms with Gasteiger partial charge in [0.1, 0.15) is 0 Å². The molecule has 0 fully saturated rings. The molecule has 3 atom stereocenters. The summed E-state index contributed by atoms with van der Waals surface area (Å²) < 4.78 is 6.37. The van der Waals surface area contributed by atoms with Crippen LogP contribution in [0.1, 0.15) is 36.1 Å². The molecule has 1 aliphatic heterocycles. The highest BCUT2D eigenvalue weighted by molar-refractivity contribution is 7.18. The zero-order chi connectivity index (χ0) is 15.6. The Balaban J connectivity index is 2.01. The number of benzene rings is 2. The molecule has 0 spiro atoms. The molecule has 0 amide bonds. The van der Waals surface area contributed by atoms with Gasteiger partial charge in [0.15, 0.2) is 0 Å². The summed E-state index contributed by atoms with van der Waals surface area (Å²) in [5, 5.41) is 0. The second-order valence-corrected chi connectivity index (χ2v) is 10.7. The van der Waals surface area contributed by atoms with Crippen molar-refractivity contribution in [2.45, 2.75) is 31.0 Å². The van der Waals surface area contributed by atoms with E-state index in [1.54, 1.807) is 0 Å². The monoisotopic (exact) mass is 328 g/mol. The minimum absolute atomic E-state index is 0.126. The Kier molecular flexibility index (Phi) is 4.53. The lowest BCUT2D eigenvalue weighted by atomic mass is 10.1. The second-order valence-electron chi connectivity index (χ2n) is 6.03. The van der Waals surface area contributed by atoms with E-state index in [0.29, 0.717) is 0 Å². The Labute approximate surface area is 138 Å². The Morgan fingerprint density at radius 3 is 1.59 bits per heavy atom. The van der Waals surface area contributed by atoms with Crippen LogP contribution in [-0.2, 0) is 4.43 Å². The number of allylic oxidation sites excluding steroid dienone is 2. The number of hydrogen-bond acceptors (Lipinski definition) is 1. The molecule has 22 heavy (non-hydrogen) atoms. The normalized spacial score (nSPS) is 27.5. The molecule has 3 heteroatoms. The van der Waals surface area contributed by atoms with E-state index in [2.05, 4.69) is 74.5 Å². The van der Waals surface area contributed by atoms with Crippen molar-refractivity contribution in [3.8, 4) is 0 Å². The van der Waals surface area contributed by atoms with E-state index in [1.165, 1.54) is 11.1 Å². The molecule has 0 aromatic heterocycles. The van der Waals surface area contributed by atoms with Crippen molar-refractivity contribution < 1.29 is 4.43 Å². The first-order valence-corrected chi connectivity index (χ1v) is 10.8. The molecule has 0 N–H and O–H groups in total. The SMILES string of the molecule is CC(C)O[Si]1(Cl)[C@@H](c2ccccc2)C=C[C@H]1c1ccccc1. The van der Waals surface area contributed by atoms with Crippen molar-refractivity contribution >= 4 is 18.7 Å². The summed E-state index contributed by atoms with van der Waals surface area (Å²) in [6.45, 7) is 4.14. The van der Waals surface area contributed by atoms with Crippen molar-refractivity contribution in [3.63, 3.8) is 0 Å². The smallest absolute Gasteiger partial charge is 0.312 e. The van der Waals surface area contributed by atoms with Crippen LogP contribution in [0.4, 0.5) is 0 Å². The molecule has 0 aliphatic carbocycles. The maximum Gasteiger partial charge on any atom is 0.312 e. The van der Waals surface area contributed by atoms with E-state index in [9.17, 15) is 0 Å². The summed E-state index contributed by atoms with van der Waals surface area (Å²) in [6.07, 6.45) is 4.62. The van der Waals surface area contributed by atoms with E-state index in [4.69, 9.17) is 15.5 Å². The Morgan fingerprint density at radius 2 is 1.23 bits per heavy atom. The van der Waals surface area contributed by atoms with Crippen LogP contribution in [-0.4, -0.2) is 13.7 Å². The van der Waals surface area contributed by atoms with E-state index >= 15 is 0 Å². The van der Waals surface area contributed by atoms with Gasteiger partial charge in [-0.3, -0.25) is 0 Å². The minimum atomic E-state index is -2.53. The third-order valence-corrected chi connectivity index (χ3v) is 9.34. The molecule has 0 saturated heterocycles. The molecule has 3 rings (SSSR count). The van der Waals surface area contributed by atoms with Crippen LogP contribution in [0.2, 0.25) is 0 Å². The van der Waals surface area contributed by atoms with Gasteiger partial charge in [-0.05, 0) is 25.0 Å². The zero-order valence-corrected chi connectivity index (χ0v) is 14.7. The molecule has 1 nitrogen and oxygen atoms in total. The Morgan fingerprint density at radius 1 is 0.818 bits per heavy atom. The molecule has 2 aromatic carbocycles. The largest absolute Gasteiger partial charge is 0.400 e. The fourth-order valence-corrected chi connectivity index (χ4v) is 8.35. The van der Waals surface area contributed by atoms with E-state index < -0.39 is 7.63 Å². The first-order valence-electron chi connectivity index (χ1n) is 7.76. The molecule has 0 radical (unpaired) electrons. The molecule has 1 aliphatic rings. The first kappa shape index (κ1) is 15.5. The van der Waals surface area contributed by atoms with Crippen molar-refractivity contribution in [2.24, 2.45) is 0 Å². The molecular weight excluding hydrogens is 308 g/mol. The van der Waals surface area contributed by atoms with Crippen LogP contribution in [0.25, 0.3) is 0 Å². The number of rotatable bonds is 4. The van der Waals surface area contributed by atoms with Gasteiger partial charge in [-0.2, -0.15) is 0 Å². The van der Waals surface area contributed by atoms with Crippen LogP contribution in [0.3, 0.4) is 0 Å². The highest BCUT2D eigenvalue weighted by Gasteiger charge is 2.52. The highest BCUT2D eigenvalue weighted by atomic mass is 35.6. The molecule has 2 aromatic rings. The summed E-state index contributed by atoms with van der Waals surface area (Å²) >= 11 is 7.22. The van der Waals surface area contributed by atoms with E-state index in [0.717, 1.165) is 0 Å². The minimum Gasteiger partial charge on any atom is -0.400 e. The van der Waals surface area contributed by atoms with Gasteiger partial charge in [-0.1, -0.05) is 72.8 Å². The van der Waals surface area contributed by atoms with E-state index in [-0.39, 0.29) is 17.2 Å². The fraction of sp³-hybridized carbons (Fsp3) is 0.263. The molecule has 0 bridgehead atoms. The number of hydrogen-bond donors (Lipinski definition) is 0. The van der Waals surface area contributed by atoms with Crippen molar-refractivity contribution in [3.05, 3.63) is 83.9 Å². The van der Waals surface area contributed by atoms with Gasteiger partial charge in [-0.25, -0.2) is 0 Å². The van der Waals surface area contributed by atoms with Crippen molar-refractivity contribution in [1.82, 2.24) is 0 Å². The van der Waals surface area contributed by atoms with Gasteiger partial charge < -0.3 is 4.43 Å². The van der Waals surface area contributed by atoms with Crippen LogP contribution < -0.4 is 0 Å². The first-order chi connectivity index (χ1) is 10.6. The molecule has 0 saturated carbocycles. The Bertz CT molecular complexity index is 589. The summed E-state index contributed by atoms with van der Waals surface area (Å²) in [5.41, 5.74) is 2.87. The summed E-state index contributed by atoms with van der Waals surface area (Å²) in [5.74, 6) is 0. The van der Waals surface area contributed by atoms with Gasteiger partial charge in [0.25, 0.3) is 0 Å². The van der Waals surface area contributed by atoms with Gasteiger partial charge in [0.05, 0.1) is 0 Å². The maximum atomic E-state index is 7.22. The molecular formula is C19H21ClOSi. The summed E-state index contributed by atoms with van der Waals surface area (Å²) in [4.78, 5) is 0. The molecule has 114 valence electrons. The highest BCUT2D eigenvalue weighted by Crippen LogP contribution is 2.48. The van der Waals surface area contributed by atoms with Gasteiger partial charge in [-0.15, -0.1) is 11.1 Å². The average Bonchev–Trinajstić information content (AvgIpc) is 2.85. The second kappa shape index (κ2) is 6.41. The van der Waals surface area contributed by atoms with Crippen LogP contribution >= 0.6 is 11.1 Å². The van der Waals surface area contributed by atoms with Crippen LogP contribution in [0.5, 0.6) is 0 Å². The zero-order valence-electron chi connectivity index (χ0n) is 12.9. The van der Waals surface area contributed by atoms with Gasteiger partial charge in [0, 0.05) is 17.2 Å². The predicted octanol–water partition coefficient (Wildman–Crippen LogP) is 5.31. The summed E-state index contributed by atoms with van der Waals surface area (Å²) in [7, 11) is -2.53. The van der Waals surface area contributed by atoms with Gasteiger partial charge >= 0.3 is 7.63 Å². The lowest BCUT2D eigenvalue weighted by Crippen LogP contribution is -2.44. The lowest BCUT2D eigenvalue weighted by Gasteiger charge is -2.34. The third kappa shape index (κ3) is 2.91. The fourth-order valence-electron chi connectivity index (χ4n) is 3.18. The molecule has 1 heterocycles. The third-order valence-electron chi connectivity index (χ3n) is 4.08. The Hall–Kier alpha value is -1.35. The van der Waals surface area contributed by atoms with Crippen LogP contribution in [0, 0.1) is 0 Å². The average molecular weight is 329 g/mol. The van der Waals surface area contributed by atoms with Crippen molar-refractivity contribution in [2.75, 3.05) is 0 Å². The maximum absolute atomic E-state index is 7.22. The lowest BCUT2D eigenvalue weighted by molar-refractivity contribution is 0.231. The quantitative estimate of drug-likeness (QED) is 0.420. The van der Waals surface area contributed by atoms with Gasteiger partial charge in [0.2, 0.25) is 0 Å². The number of halogens is 1.